The van der Waals surface area contributed by atoms with E-state index in [4.69, 9.17) is 23.7 Å². The van der Waals surface area contributed by atoms with Crippen LogP contribution < -0.4 is 0 Å². The van der Waals surface area contributed by atoms with Crippen molar-refractivity contribution in [1.29, 1.82) is 0 Å². The molecule has 4 aliphatic rings. The molecule has 1 saturated carbocycles. The van der Waals surface area contributed by atoms with Crippen LogP contribution in [0, 0.1) is 11.8 Å². The standard InChI is InChI=1S/C30H50O7/c1-3-5-7-13-23-25(35-23)15-9-11-17-33-29(31)21-19-27-28(37-27)20-22(21)30(32)34-18-12-10-16-26-24(36-26)14-8-6-4-2/h21-28H,3-20H2,1-2H3. The van der Waals surface area contributed by atoms with Gasteiger partial charge in [-0.15, -0.1) is 0 Å². The van der Waals surface area contributed by atoms with Crippen LogP contribution >= 0.6 is 0 Å². The zero-order valence-electron chi connectivity index (χ0n) is 23.2. The third-order valence-corrected chi connectivity index (χ3v) is 8.57. The molecule has 7 nitrogen and oxygen atoms in total. The Balaban J connectivity index is 1.05. The molecule has 0 bridgehead atoms. The second-order valence-electron chi connectivity index (χ2n) is 11.6. The Kier molecular flexibility index (Phi) is 11.6. The predicted octanol–water partition coefficient (Wildman–Crippen LogP) is 5.90. The van der Waals surface area contributed by atoms with Crippen LogP contribution in [-0.4, -0.2) is 61.8 Å². The molecule has 37 heavy (non-hydrogen) atoms. The maximum absolute atomic E-state index is 12.8. The summed E-state index contributed by atoms with van der Waals surface area (Å²) < 4.78 is 28.3. The van der Waals surface area contributed by atoms with Crippen molar-refractivity contribution in [3.05, 3.63) is 0 Å². The Labute approximate surface area is 223 Å². The summed E-state index contributed by atoms with van der Waals surface area (Å²) in [5.41, 5.74) is 0. The lowest BCUT2D eigenvalue weighted by Gasteiger charge is -2.26. The van der Waals surface area contributed by atoms with Crippen LogP contribution in [0.5, 0.6) is 0 Å². The van der Waals surface area contributed by atoms with Gasteiger partial charge in [0.2, 0.25) is 0 Å². The Hall–Kier alpha value is -1.18. The van der Waals surface area contributed by atoms with Gasteiger partial charge < -0.3 is 23.7 Å². The van der Waals surface area contributed by atoms with Crippen LogP contribution in [0.2, 0.25) is 0 Å². The van der Waals surface area contributed by atoms with E-state index in [0.29, 0.717) is 50.5 Å². The maximum Gasteiger partial charge on any atom is 0.309 e. The molecule has 3 heterocycles. The van der Waals surface area contributed by atoms with E-state index in [-0.39, 0.29) is 24.1 Å². The summed E-state index contributed by atoms with van der Waals surface area (Å²) in [5, 5.41) is 0. The van der Waals surface area contributed by atoms with Crippen molar-refractivity contribution < 1.29 is 33.3 Å². The van der Waals surface area contributed by atoms with Gasteiger partial charge in [-0.05, 0) is 64.2 Å². The van der Waals surface area contributed by atoms with Gasteiger partial charge in [0.15, 0.2) is 0 Å². The molecule has 0 spiro atoms. The summed E-state index contributed by atoms with van der Waals surface area (Å²) in [7, 11) is 0. The topological polar surface area (TPSA) is 90.2 Å². The number of ether oxygens (including phenoxy) is 5. The highest BCUT2D eigenvalue weighted by atomic mass is 16.6. The minimum atomic E-state index is -0.449. The second-order valence-corrected chi connectivity index (χ2v) is 11.6. The number of carbonyl (C=O) groups is 2. The molecule has 0 aromatic carbocycles. The summed E-state index contributed by atoms with van der Waals surface area (Å²) in [6.07, 6.45) is 18.7. The third-order valence-electron chi connectivity index (χ3n) is 8.57. The lowest BCUT2D eigenvalue weighted by Crippen LogP contribution is -2.37. The Morgan fingerprint density at radius 1 is 0.568 bits per heavy atom. The molecule has 0 N–H and O–H groups in total. The number of fused-ring (bicyclic) bond motifs is 1. The normalized spacial score (nSPS) is 33.5. The summed E-state index contributed by atoms with van der Waals surface area (Å²) in [6, 6.07) is 0. The van der Waals surface area contributed by atoms with Crippen LogP contribution in [-0.2, 0) is 33.3 Å². The summed E-state index contributed by atoms with van der Waals surface area (Å²) in [5.74, 6) is -1.43. The monoisotopic (exact) mass is 522 g/mol. The highest BCUT2D eigenvalue weighted by molar-refractivity contribution is 5.82. The van der Waals surface area contributed by atoms with E-state index < -0.39 is 11.8 Å². The van der Waals surface area contributed by atoms with Gasteiger partial charge in [-0.2, -0.15) is 0 Å². The van der Waals surface area contributed by atoms with Crippen molar-refractivity contribution in [1.82, 2.24) is 0 Å². The number of rotatable bonds is 20. The second kappa shape index (κ2) is 14.8. The molecule has 4 rings (SSSR count). The van der Waals surface area contributed by atoms with Crippen molar-refractivity contribution in [2.45, 2.75) is 153 Å². The Morgan fingerprint density at radius 2 is 0.946 bits per heavy atom. The average Bonchev–Trinajstić information content (AvgIpc) is 3.79. The third kappa shape index (κ3) is 9.50. The van der Waals surface area contributed by atoms with Gasteiger partial charge in [0.25, 0.3) is 0 Å². The van der Waals surface area contributed by atoms with Gasteiger partial charge in [-0.3, -0.25) is 9.59 Å². The number of esters is 2. The van der Waals surface area contributed by atoms with Gasteiger partial charge in [0.1, 0.15) is 0 Å². The first-order chi connectivity index (χ1) is 18.1. The van der Waals surface area contributed by atoms with Gasteiger partial charge in [0.05, 0.1) is 61.7 Å². The SMILES string of the molecule is CCCCCC1OC1CCCCOC(=O)C1CC2OC2CC1C(=O)OCCCCC1OC1CCCCC. The predicted molar refractivity (Wildman–Crippen MR) is 140 cm³/mol. The fourth-order valence-electron chi connectivity index (χ4n) is 5.96. The first kappa shape index (κ1) is 28.8. The summed E-state index contributed by atoms with van der Waals surface area (Å²) in [6.45, 7) is 5.25. The zero-order valence-corrected chi connectivity index (χ0v) is 23.2. The van der Waals surface area contributed by atoms with Crippen LogP contribution in [0.15, 0.2) is 0 Å². The van der Waals surface area contributed by atoms with E-state index in [1.807, 2.05) is 0 Å². The van der Waals surface area contributed by atoms with Crippen LogP contribution in [0.25, 0.3) is 0 Å². The molecule has 7 heteroatoms. The van der Waals surface area contributed by atoms with Crippen molar-refractivity contribution >= 4 is 11.9 Å². The van der Waals surface area contributed by atoms with Crippen LogP contribution in [0.3, 0.4) is 0 Å². The summed E-state index contributed by atoms with van der Waals surface area (Å²) >= 11 is 0. The minimum Gasteiger partial charge on any atom is -0.465 e. The minimum absolute atomic E-state index is 0.0991. The largest absolute Gasteiger partial charge is 0.465 e. The van der Waals surface area contributed by atoms with Gasteiger partial charge in [-0.25, -0.2) is 0 Å². The van der Waals surface area contributed by atoms with E-state index in [2.05, 4.69) is 13.8 Å². The van der Waals surface area contributed by atoms with Gasteiger partial charge in [0, 0.05) is 0 Å². The molecule has 0 aromatic heterocycles. The van der Waals surface area contributed by atoms with Gasteiger partial charge in [-0.1, -0.05) is 52.4 Å². The van der Waals surface area contributed by atoms with E-state index in [0.717, 1.165) is 38.5 Å². The van der Waals surface area contributed by atoms with E-state index >= 15 is 0 Å². The molecular formula is C30H50O7. The Morgan fingerprint density at radius 3 is 1.32 bits per heavy atom. The number of carbonyl (C=O) groups excluding carboxylic acids is 2. The molecular weight excluding hydrogens is 472 g/mol. The maximum atomic E-state index is 12.8. The van der Waals surface area contributed by atoms with Gasteiger partial charge >= 0.3 is 11.9 Å². The number of hydrogen-bond donors (Lipinski definition) is 0. The molecule has 8 atom stereocenters. The van der Waals surface area contributed by atoms with E-state index in [9.17, 15) is 9.59 Å². The lowest BCUT2D eigenvalue weighted by atomic mass is 9.79. The first-order valence-corrected chi connectivity index (χ1v) is 15.4. The molecule has 3 saturated heterocycles. The molecule has 212 valence electrons. The smallest absolute Gasteiger partial charge is 0.309 e. The molecule has 1 aliphatic carbocycles. The number of epoxide rings is 3. The van der Waals surface area contributed by atoms with Crippen molar-refractivity contribution in [3.8, 4) is 0 Å². The van der Waals surface area contributed by atoms with Crippen molar-refractivity contribution in [2.75, 3.05) is 13.2 Å². The van der Waals surface area contributed by atoms with Crippen molar-refractivity contribution in [3.63, 3.8) is 0 Å². The highest BCUT2D eigenvalue weighted by Crippen LogP contribution is 2.44. The average molecular weight is 523 g/mol. The zero-order chi connectivity index (χ0) is 26.0. The fraction of sp³-hybridized carbons (Fsp3) is 0.933. The molecule has 0 radical (unpaired) electrons. The number of unbranched alkanes of at least 4 members (excludes halogenated alkanes) is 6. The molecule has 0 aromatic rings. The van der Waals surface area contributed by atoms with Crippen molar-refractivity contribution in [2.24, 2.45) is 11.8 Å². The fourth-order valence-corrected chi connectivity index (χ4v) is 5.96. The quantitative estimate of drug-likeness (QED) is 0.112. The first-order valence-electron chi connectivity index (χ1n) is 15.4. The van der Waals surface area contributed by atoms with Crippen LogP contribution in [0.4, 0.5) is 0 Å². The summed E-state index contributed by atoms with van der Waals surface area (Å²) in [4.78, 5) is 25.7. The molecule has 4 fully saturated rings. The Bertz CT molecular complexity index is 654. The van der Waals surface area contributed by atoms with Crippen LogP contribution in [0.1, 0.15) is 117 Å². The lowest BCUT2D eigenvalue weighted by molar-refractivity contribution is -0.162. The number of hydrogen-bond acceptors (Lipinski definition) is 7. The van der Waals surface area contributed by atoms with E-state index in [1.54, 1.807) is 0 Å². The molecule has 8 unspecified atom stereocenters. The molecule has 0 amide bonds. The molecule has 3 aliphatic heterocycles. The highest BCUT2D eigenvalue weighted by Gasteiger charge is 2.53. The van der Waals surface area contributed by atoms with E-state index in [1.165, 1.54) is 51.4 Å².